The van der Waals surface area contributed by atoms with Crippen LogP contribution in [-0.2, 0) is 4.79 Å². The zero-order valence-electron chi connectivity index (χ0n) is 7.44. The minimum Gasteiger partial charge on any atom is -0.294 e. The Labute approximate surface area is 98.9 Å². The van der Waals surface area contributed by atoms with E-state index in [1.807, 2.05) is 0 Å². The molecule has 0 aliphatic carbocycles. The topological polar surface area (TPSA) is 17.1 Å². The molecule has 0 aliphatic rings. The van der Waals surface area contributed by atoms with Crippen LogP contribution in [-0.4, -0.2) is 11.7 Å². The van der Waals surface area contributed by atoms with Crippen LogP contribution in [0, 0.1) is 11.6 Å². The molecule has 0 saturated heterocycles. The molecular formula is C10H6BrClF2O. The highest BCUT2D eigenvalue weighted by Crippen LogP contribution is 2.20. The third-order valence-corrected chi connectivity index (χ3v) is 2.49. The van der Waals surface area contributed by atoms with Crippen molar-refractivity contribution in [2.24, 2.45) is 0 Å². The van der Waals surface area contributed by atoms with Gasteiger partial charge in [0.15, 0.2) is 5.78 Å². The first-order valence-electron chi connectivity index (χ1n) is 3.96. The lowest BCUT2D eigenvalue weighted by molar-refractivity contribution is -0.112. The molecule has 5 heteroatoms. The van der Waals surface area contributed by atoms with Crippen LogP contribution in [0.15, 0.2) is 22.7 Å². The van der Waals surface area contributed by atoms with Gasteiger partial charge in [0.2, 0.25) is 0 Å². The summed E-state index contributed by atoms with van der Waals surface area (Å²) in [5, 5.41) is 0. The van der Waals surface area contributed by atoms with E-state index in [4.69, 9.17) is 11.6 Å². The van der Waals surface area contributed by atoms with Gasteiger partial charge in [-0.05, 0) is 40.2 Å². The van der Waals surface area contributed by atoms with Crippen molar-refractivity contribution >= 4 is 39.4 Å². The summed E-state index contributed by atoms with van der Waals surface area (Å²) in [5.74, 6) is -1.74. The average Bonchev–Trinajstić information content (AvgIpc) is 2.21. The van der Waals surface area contributed by atoms with Crippen molar-refractivity contribution in [1.82, 2.24) is 0 Å². The predicted octanol–water partition coefficient (Wildman–Crippen LogP) is 3.55. The Kier molecular flexibility index (Phi) is 4.42. The van der Waals surface area contributed by atoms with E-state index in [9.17, 15) is 13.6 Å². The van der Waals surface area contributed by atoms with Gasteiger partial charge >= 0.3 is 0 Å². The number of hydrogen-bond donors (Lipinski definition) is 0. The quantitative estimate of drug-likeness (QED) is 0.473. The van der Waals surface area contributed by atoms with Crippen LogP contribution in [0.3, 0.4) is 0 Å². The maximum atomic E-state index is 13.2. The van der Waals surface area contributed by atoms with E-state index in [-0.39, 0.29) is 21.7 Å². The third kappa shape index (κ3) is 3.39. The maximum Gasteiger partial charge on any atom is 0.170 e. The summed E-state index contributed by atoms with van der Waals surface area (Å²) in [6, 6.07) is 2.00. The molecule has 0 N–H and O–H groups in total. The molecule has 1 aromatic rings. The molecule has 0 fully saturated rings. The first-order valence-corrected chi connectivity index (χ1v) is 5.28. The summed E-state index contributed by atoms with van der Waals surface area (Å²) in [7, 11) is 0. The minimum absolute atomic E-state index is 0.00849. The molecule has 1 rings (SSSR count). The first-order chi connectivity index (χ1) is 7.04. The fourth-order valence-corrected chi connectivity index (χ4v) is 1.30. The van der Waals surface area contributed by atoms with Gasteiger partial charge in [-0.3, -0.25) is 4.79 Å². The molecular weight excluding hydrogens is 289 g/mol. The average molecular weight is 296 g/mol. The van der Waals surface area contributed by atoms with Gasteiger partial charge in [0.1, 0.15) is 11.6 Å². The second-order valence-electron chi connectivity index (χ2n) is 2.72. The van der Waals surface area contributed by atoms with E-state index in [1.54, 1.807) is 0 Å². The van der Waals surface area contributed by atoms with Gasteiger partial charge in [0.05, 0.1) is 10.4 Å². The lowest BCUT2D eigenvalue weighted by atomic mass is 10.2. The van der Waals surface area contributed by atoms with Crippen LogP contribution < -0.4 is 0 Å². The van der Waals surface area contributed by atoms with E-state index >= 15 is 0 Å². The number of halogens is 4. The molecule has 0 heterocycles. The van der Waals surface area contributed by atoms with Gasteiger partial charge in [0, 0.05) is 5.56 Å². The van der Waals surface area contributed by atoms with Crippen LogP contribution in [0.5, 0.6) is 0 Å². The molecule has 15 heavy (non-hydrogen) atoms. The number of carbonyl (C=O) groups excluding carboxylic acids is 1. The SMILES string of the molecule is O=C(C=Cc1cc(F)c(Br)cc1F)CCl. The molecule has 1 aromatic carbocycles. The lowest BCUT2D eigenvalue weighted by Crippen LogP contribution is -1.93. The molecule has 0 spiro atoms. The van der Waals surface area contributed by atoms with Crippen LogP contribution in [0.4, 0.5) is 8.78 Å². The molecule has 0 saturated carbocycles. The van der Waals surface area contributed by atoms with Crippen LogP contribution in [0.25, 0.3) is 6.08 Å². The van der Waals surface area contributed by atoms with Crippen molar-refractivity contribution in [3.05, 3.63) is 39.9 Å². The van der Waals surface area contributed by atoms with Crippen molar-refractivity contribution in [2.45, 2.75) is 0 Å². The fourth-order valence-electron chi connectivity index (χ4n) is 0.893. The zero-order valence-corrected chi connectivity index (χ0v) is 9.78. The number of hydrogen-bond acceptors (Lipinski definition) is 1. The highest BCUT2D eigenvalue weighted by Gasteiger charge is 2.05. The molecule has 0 aliphatic heterocycles. The van der Waals surface area contributed by atoms with Gasteiger partial charge in [0.25, 0.3) is 0 Å². The second kappa shape index (κ2) is 5.37. The standard InChI is InChI=1S/C10H6BrClF2O/c11-8-4-9(13)6(3-10(8)14)1-2-7(15)5-12/h1-4H,5H2. The van der Waals surface area contributed by atoms with Crippen molar-refractivity contribution in [2.75, 3.05) is 5.88 Å². The molecule has 0 radical (unpaired) electrons. The van der Waals surface area contributed by atoms with Crippen LogP contribution in [0.1, 0.15) is 5.56 Å². The summed E-state index contributed by atoms with van der Waals surface area (Å²) in [6.07, 6.45) is 2.30. The Balaban J connectivity index is 3.00. The number of carbonyl (C=O) groups is 1. The maximum absolute atomic E-state index is 13.2. The summed E-state index contributed by atoms with van der Waals surface area (Å²) in [5.41, 5.74) is 0.00849. The molecule has 0 bridgehead atoms. The van der Waals surface area contributed by atoms with Gasteiger partial charge < -0.3 is 0 Å². The molecule has 0 atom stereocenters. The van der Waals surface area contributed by atoms with Crippen LogP contribution in [0.2, 0.25) is 0 Å². The largest absolute Gasteiger partial charge is 0.294 e. The monoisotopic (exact) mass is 294 g/mol. The zero-order chi connectivity index (χ0) is 11.4. The Bertz CT molecular complexity index is 418. The normalized spacial score (nSPS) is 10.9. The summed E-state index contributed by atoms with van der Waals surface area (Å²) in [4.78, 5) is 10.8. The number of alkyl halides is 1. The van der Waals surface area contributed by atoms with E-state index in [0.29, 0.717) is 0 Å². The Hall–Kier alpha value is -0.740. The van der Waals surface area contributed by atoms with Crippen molar-refractivity contribution in [1.29, 1.82) is 0 Å². The highest BCUT2D eigenvalue weighted by atomic mass is 79.9. The third-order valence-electron chi connectivity index (χ3n) is 1.62. The van der Waals surface area contributed by atoms with E-state index in [0.717, 1.165) is 18.2 Å². The summed E-state index contributed by atoms with van der Waals surface area (Å²) < 4.78 is 26.2. The van der Waals surface area contributed by atoms with Crippen molar-refractivity contribution in [3.8, 4) is 0 Å². The lowest BCUT2D eigenvalue weighted by Gasteiger charge is -1.99. The highest BCUT2D eigenvalue weighted by molar-refractivity contribution is 9.10. The number of rotatable bonds is 3. The smallest absolute Gasteiger partial charge is 0.170 e. The molecule has 0 aromatic heterocycles. The Morgan fingerprint density at radius 2 is 2.07 bits per heavy atom. The minimum atomic E-state index is -0.609. The number of benzene rings is 1. The van der Waals surface area contributed by atoms with Crippen molar-refractivity contribution in [3.63, 3.8) is 0 Å². The van der Waals surface area contributed by atoms with Crippen LogP contribution >= 0.6 is 27.5 Å². The Morgan fingerprint density at radius 3 is 2.67 bits per heavy atom. The molecule has 80 valence electrons. The fraction of sp³-hybridized carbons (Fsp3) is 0.100. The summed E-state index contributed by atoms with van der Waals surface area (Å²) >= 11 is 8.09. The van der Waals surface area contributed by atoms with Gasteiger partial charge in [-0.25, -0.2) is 8.78 Å². The predicted molar refractivity (Wildman–Crippen MR) is 58.8 cm³/mol. The second-order valence-corrected chi connectivity index (χ2v) is 3.84. The molecule has 1 nitrogen and oxygen atoms in total. The summed E-state index contributed by atoms with van der Waals surface area (Å²) in [6.45, 7) is 0. The Morgan fingerprint density at radius 1 is 1.40 bits per heavy atom. The van der Waals surface area contributed by atoms with Gasteiger partial charge in [-0.15, -0.1) is 11.6 Å². The van der Waals surface area contributed by atoms with E-state index in [1.165, 1.54) is 6.08 Å². The number of allylic oxidation sites excluding steroid dienone is 1. The number of ketones is 1. The van der Waals surface area contributed by atoms with E-state index < -0.39 is 11.6 Å². The van der Waals surface area contributed by atoms with Gasteiger partial charge in [-0.1, -0.05) is 0 Å². The first kappa shape index (κ1) is 12.3. The van der Waals surface area contributed by atoms with E-state index in [2.05, 4.69) is 15.9 Å². The van der Waals surface area contributed by atoms with Gasteiger partial charge in [-0.2, -0.15) is 0 Å². The van der Waals surface area contributed by atoms with Crippen molar-refractivity contribution < 1.29 is 13.6 Å². The molecule has 0 amide bonds. The molecule has 0 unspecified atom stereocenters.